The predicted octanol–water partition coefficient (Wildman–Crippen LogP) is 6.62. The van der Waals surface area contributed by atoms with Crippen molar-refractivity contribution in [1.29, 1.82) is 0 Å². The number of carbonyl (C=O) groups is 1. The zero-order chi connectivity index (χ0) is 27.3. The lowest BCUT2D eigenvalue weighted by molar-refractivity contribution is -0.115. The molecule has 0 saturated carbocycles. The summed E-state index contributed by atoms with van der Waals surface area (Å²) in [7, 11) is 0. The van der Waals surface area contributed by atoms with Crippen LogP contribution in [0.25, 0.3) is 11.3 Å². The smallest absolute Gasteiger partial charge is 0.298 e. The molecule has 3 aromatic carbocycles. The van der Waals surface area contributed by atoms with Gasteiger partial charge in [-0.25, -0.2) is 4.98 Å². The van der Waals surface area contributed by atoms with Crippen molar-refractivity contribution in [3.63, 3.8) is 0 Å². The summed E-state index contributed by atoms with van der Waals surface area (Å²) in [6.45, 7) is 3.03. The maximum absolute atomic E-state index is 13.9. The normalized spacial score (nSPS) is 13.0. The summed E-state index contributed by atoms with van der Waals surface area (Å²) >= 11 is 6.34. The van der Waals surface area contributed by atoms with Gasteiger partial charge in [0.2, 0.25) is 5.91 Å². The maximum Gasteiger partial charge on any atom is 0.298 e. The van der Waals surface area contributed by atoms with Gasteiger partial charge in [-0.1, -0.05) is 66.2 Å². The number of hydrogen-bond acceptors (Lipinski definition) is 5. The van der Waals surface area contributed by atoms with Gasteiger partial charge in [-0.15, -0.1) is 0 Å². The van der Waals surface area contributed by atoms with Crippen LogP contribution in [0.4, 0.5) is 20.3 Å². The third-order valence-corrected chi connectivity index (χ3v) is 6.44. The third kappa shape index (κ3) is 6.33. The number of benzene rings is 3. The van der Waals surface area contributed by atoms with Crippen molar-refractivity contribution in [2.75, 3.05) is 10.6 Å². The van der Waals surface area contributed by atoms with Gasteiger partial charge in [0.05, 0.1) is 12.5 Å². The first kappa shape index (κ1) is 27.2. The van der Waals surface area contributed by atoms with Crippen LogP contribution in [-0.4, -0.2) is 27.1 Å². The van der Waals surface area contributed by atoms with E-state index >= 15 is 0 Å². The van der Waals surface area contributed by atoms with Gasteiger partial charge in [0.1, 0.15) is 11.8 Å². The molecule has 196 valence electrons. The van der Waals surface area contributed by atoms with Crippen LogP contribution in [0.5, 0.6) is 0 Å². The molecule has 0 fully saturated rings. The Bertz CT molecular complexity index is 1400. The molecule has 9 heteroatoms. The lowest BCUT2D eigenvalue weighted by atomic mass is 10.0. The zero-order valence-corrected chi connectivity index (χ0v) is 21.6. The molecule has 4 rings (SSSR count). The van der Waals surface area contributed by atoms with E-state index in [1.807, 2.05) is 43.3 Å². The van der Waals surface area contributed by atoms with Gasteiger partial charge < -0.3 is 15.7 Å². The standard InChI is InChI=1S/C29H27ClF2N4O2/c1-18(24-5-3-4-6-25(24)30)35-28-27(33-15-16-34-28)21-9-13-23(14-10-21)36-26(38)17-20-7-11-22(12-8-20)29(31,32)19(2)37/h3-16,18-19,37H,17H2,1-2H3,(H,34,35)(H,36,38)/t18-,19?/m0/s1. The first-order valence-corrected chi connectivity index (χ1v) is 12.4. The fourth-order valence-electron chi connectivity index (χ4n) is 3.95. The molecule has 0 spiro atoms. The second kappa shape index (κ2) is 11.7. The summed E-state index contributed by atoms with van der Waals surface area (Å²) in [5.74, 6) is -3.04. The van der Waals surface area contributed by atoms with E-state index in [1.165, 1.54) is 24.3 Å². The van der Waals surface area contributed by atoms with Crippen LogP contribution in [0.15, 0.2) is 85.2 Å². The van der Waals surface area contributed by atoms with Gasteiger partial charge in [0, 0.05) is 34.2 Å². The molecule has 1 heterocycles. The topological polar surface area (TPSA) is 87.1 Å². The molecule has 1 aromatic heterocycles. The van der Waals surface area contributed by atoms with E-state index < -0.39 is 12.0 Å². The molecule has 1 unspecified atom stereocenters. The SMILES string of the molecule is CC(O)C(F)(F)c1ccc(CC(=O)Nc2ccc(-c3nccnc3N[C@@H](C)c3ccccc3Cl)cc2)cc1. The van der Waals surface area contributed by atoms with E-state index in [9.17, 15) is 18.7 Å². The van der Waals surface area contributed by atoms with Gasteiger partial charge in [-0.2, -0.15) is 8.78 Å². The molecule has 0 aliphatic carbocycles. The Morgan fingerprint density at radius 3 is 2.29 bits per heavy atom. The van der Waals surface area contributed by atoms with Crippen molar-refractivity contribution in [3.8, 4) is 11.3 Å². The summed E-state index contributed by atoms with van der Waals surface area (Å²) < 4.78 is 27.9. The molecular weight excluding hydrogens is 510 g/mol. The number of aliphatic hydroxyl groups excluding tert-OH is 1. The minimum Gasteiger partial charge on any atom is -0.387 e. The fraction of sp³-hybridized carbons (Fsp3) is 0.207. The summed E-state index contributed by atoms with van der Waals surface area (Å²) in [4.78, 5) is 21.5. The van der Waals surface area contributed by atoms with Crippen molar-refractivity contribution >= 4 is 29.0 Å². The summed E-state index contributed by atoms with van der Waals surface area (Å²) in [6.07, 6.45) is 1.43. The van der Waals surface area contributed by atoms with E-state index in [1.54, 1.807) is 24.5 Å². The summed E-state index contributed by atoms with van der Waals surface area (Å²) in [5.41, 5.74) is 3.26. The maximum atomic E-state index is 13.9. The molecule has 0 bridgehead atoms. The highest BCUT2D eigenvalue weighted by atomic mass is 35.5. The molecule has 3 N–H and O–H groups in total. The van der Waals surface area contributed by atoms with Crippen LogP contribution >= 0.6 is 11.6 Å². The zero-order valence-electron chi connectivity index (χ0n) is 20.8. The van der Waals surface area contributed by atoms with Crippen LogP contribution in [0, 0.1) is 0 Å². The summed E-state index contributed by atoms with van der Waals surface area (Å²) in [5, 5.41) is 16.1. The largest absolute Gasteiger partial charge is 0.387 e. The fourth-order valence-corrected chi connectivity index (χ4v) is 4.25. The Hall–Kier alpha value is -3.88. The van der Waals surface area contributed by atoms with E-state index in [0.717, 1.165) is 18.1 Å². The van der Waals surface area contributed by atoms with Crippen LogP contribution in [0.3, 0.4) is 0 Å². The molecule has 0 saturated heterocycles. The third-order valence-electron chi connectivity index (χ3n) is 6.09. The van der Waals surface area contributed by atoms with Crippen LogP contribution < -0.4 is 10.6 Å². The molecule has 0 aliphatic rings. The van der Waals surface area contributed by atoms with Crippen LogP contribution in [0.2, 0.25) is 5.02 Å². The lowest BCUT2D eigenvalue weighted by Gasteiger charge is -2.19. The Labute approximate surface area is 224 Å². The molecule has 1 amide bonds. The molecular formula is C29H27ClF2N4O2. The first-order valence-electron chi connectivity index (χ1n) is 12.0. The average molecular weight is 537 g/mol. The van der Waals surface area contributed by atoms with Gasteiger partial charge >= 0.3 is 0 Å². The van der Waals surface area contributed by atoms with Crippen molar-refractivity contribution in [3.05, 3.63) is 107 Å². The Morgan fingerprint density at radius 1 is 0.974 bits per heavy atom. The minimum atomic E-state index is -3.35. The van der Waals surface area contributed by atoms with Crippen molar-refractivity contribution in [1.82, 2.24) is 9.97 Å². The number of amides is 1. The number of aliphatic hydroxyl groups is 1. The quantitative estimate of drug-likeness (QED) is 0.224. The van der Waals surface area contributed by atoms with Crippen molar-refractivity contribution < 1.29 is 18.7 Å². The van der Waals surface area contributed by atoms with Gasteiger partial charge in [0.15, 0.2) is 5.82 Å². The van der Waals surface area contributed by atoms with Gasteiger partial charge in [-0.3, -0.25) is 9.78 Å². The first-order chi connectivity index (χ1) is 18.1. The number of carbonyl (C=O) groups excluding carboxylic acids is 1. The minimum absolute atomic E-state index is 0.0143. The lowest BCUT2D eigenvalue weighted by Crippen LogP contribution is -2.27. The molecule has 0 aliphatic heterocycles. The molecule has 38 heavy (non-hydrogen) atoms. The molecule has 0 radical (unpaired) electrons. The molecule has 2 atom stereocenters. The van der Waals surface area contributed by atoms with Crippen LogP contribution in [0.1, 0.15) is 36.6 Å². The van der Waals surface area contributed by atoms with E-state index in [4.69, 9.17) is 11.6 Å². The van der Waals surface area contributed by atoms with Gasteiger partial charge in [-0.05, 0) is 43.2 Å². The number of aromatic nitrogens is 2. The second-order valence-corrected chi connectivity index (χ2v) is 9.35. The number of alkyl halides is 2. The molecule has 6 nitrogen and oxygen atoms in total. The number of rotatable bonds is 9. The number of halogens is 3. The van der Waals surface area contributed by atoms with E-state index in [0.29, 0.717) is 27.8 Å². The van der Waals surface area contributed by atoms with Crippen LogP contribution in [-0.2, 0) is 17.1 Å². The highest BCUT2D eigenvalue weighted by Crippen LogP contribution is 2.32. The Kier molecular flexibility index (Phi) is 8.34. The Balaban J connectivity index is 1.41. The number of hydrogen-bond donors (Lipinski definition) is 3. The highest BCUT2D eigenvalue weighted by molar-refractivity contribution is 6.31. The second-order valence-electron chi connectivity index (χ2n) is 8.94. The Morgan fingerprint density at radius 2 is 1.63 bits per heavy atom. The van der Waals surface area contributed by atoms with E-state index in [-0.39, 0.29) is 23.9 Å². The molecule has 4 aromatic rings. The van der Waals surface area contributed by atoms with E-state index in [2.05, 4.69) is 20.6 Å². The monoisotopic (exact) mass is 536 g/mol. The average Bonchev–Trinajstić information content (AvgIpc) is 2.90. The summed E-state index contributed by atoms with van der Waals surface area (Å²) in [6, 6.07) is 20.0. The van der Waals surface area contributed by atoms with Crippen molar-refractivity contribution in [2.45, 2.75) is 38.3 Å². The van der Waals surface area contributed by atoms with Gasteiger partial charge in [0.25, 0.3) is 5.92 Å². The number of nitrogens with zero attached hydrogens (tertiary/aromatic N) is 2. The number of anilines is 2. The highest BCUT2D eigenvalue weighted by Gasteiger charge is 2.37. The predicted molar refractivity (Wildman–Crippen MR) is 145 cm³/mol. The number of nitrogens with one attached hydrogen (secondary N) is 2. The van der Waals surface area contributed by atoms with Crippen molar-refractivity contribution in [2.24, 2.45) is 0 Å².